The zero-order valence-electron chi connectivity index (χ0n) is 19.1. The molecule has 0 bridgehead atoms. The lowest BCUT2D eigenvalue weighted by molar-refractivity contribution is -0.141. The Labute approximate surface area is 198 Å². The summed E-state index contributed by atoms with van der Waals surface area (Å²) in [5, 5.41) is 15.8. The van der Waals surface area contributed by atoms with Crippen molar-refractivity contribution in [3.8, 4) is 0 Å². The molecule has 2 amide bonds. The van der Waals surface area contributed by atoms with Gasteiger partial charge < -0.3 is 21.1 Å². The maximum atomic E-state index is 13.5. The van der Waals surface area contributed by atoms with E-state index in [1.165, 1.54) is 17.8 Å². The van der Waals surface area contributed by atoms with Crippen LogP contribution in [0.5, 0.6) is 0 Å². The number of nitrogens with two attached hydrogens (primary N) is 1. The van der Waals surface area contributed by atoms with Crippen molar-refractivity contribution in [3.63, 3.8) is 0 Å². The second-order valence-electron chi connectivity index (χ2n) is 9.63. The molecule has 1 saturated carbocycles. The Kier molecular flexibility index (Phi) is 7.85. The van der Waals surface area contributed by atoms with Crippen molar-refractivity contribution in [2.75, 3.05) is 18.8 Å². The molecular formula is C23H35N5O4S. The zero-order chi connectivity index (χ0) is 23.4. The first kappa shape index (κ1) is 23.9. The average Bonchev–Trinajstić information content (AvgIpc) is 3.42. The Bertz CT molecular complexity index is 869. The van der Waals surface area contributed by atoms with E-state index >= 15 is 0 Å². The van der Waals surface area contributed by atoms with Crippen LogP contribution in [0.4, 0.5) is 5.13 Å². The molecule has 33 heavy (non-hydrogen) atoms. The van der Waals surface area contributed by atoms with Gasteiger partial charge in [0.25, 0.3) is 0 Å². The minimum atomic E-state index is -0.979. The third-order valence-corrected chi connectivity index (χ3v) is 8.18. The van der Waals surface area contributed by atoms with Gasteiger partial charge in [-0.1, -0.05) is 32.1 Å². The molecule has 1 saturated heterocycles. The standard InChI is InChI=1S/C23H35N5O4S/c24-23-27-16-9-8-15(12-19(16)33-23)26-21(31)18-7-4-10-28(18)22(32)17(25-13-20(29)30)11-14-5-2-1-3-6-14/h14-15,17-18,25H,1-13H2,(H2,24,27)(H,26,31)(H,29,30)/t15?,17-,18+/m1/s1. The van der Waals surface area contributed by atoms with Gasteiger partial charge in [0.1, 0.15) is 6.04 Å². The summed E-state index contributed by atoms with van der Waals surface area (Å²) in [6.07, 6.45) is 10.1. The number of nitrogens with one attached hydrogen (secondary N) is 2. The van der Waals surface area contributed by atoms with E-state index in [4.69, 9.17) is 10.8 Å². The molecule has 3 aliphatic rings. The molecule has 182 valence electrons. The summed E-state index contributed by atoms with van der Waals surface area (Å²) in [5.41, 5.74) is 6.87. The summed E-state index contributed by atoms with van der Waals surface area (Å²) < 4.78 is 0. The lowest BCUT2D eigenvalue weighted by Gasteiger charge is -2.32. The Morgan fingerprint density at radius 2 is 1.94 bits per heavy atom. The molecule has 2 fully saturated rings. The van der Waals surface area contributed by atoms with Crippen LogP contribution < -0.4 is 16.4 Å². The number of aromatic nitrogens is 1. The van der Waals surface area contributed by atoms with Crippen LogP contribution in [0, 0.1) is 5.92 Å². The lowest BCUT2D eigenvalue weighted by Crippen LogP contribution is -2.55. The van der Waals surface area contributed by atoms with E-state index in [0.29, 0.717) is 30.4 Å². The van der Waals surface area contributed by atoms with Crippen LogP contribution in [-0.2, 0) is 27.2 Å². The van der Waals surface area contributed by atoms with E-state index in [9.17, 15) is 14.4 Å². The van der Waals surface area contributed by atoms with Crippen molar-refractivity contribution in [1.29, 1.82) is 0 Å². The number of carboxylic acid groups (broad SMARTS) is 1. The second kappa shape index (κ2) is 10.8. The molecule has 1 aromatic rings. The van der Waals surface area contributed by atoms with Gasteiger partial charge in [0.05, 0.1) is 18.3 Å². The summed E-state index contributed by atoms with van der Waals surface area (Å²) in [5.74, 6) is -0.804. The summed E-state index contributed by atoms with van der Waals surface area (Å²) in [4.78, 5) is 45.0. The van der Waals surface area contributed by atoms with Gasteiger partial charge in [-0.3, -0.25) is 19.7 Å². The van der Waals surface area contributed by atoms with E-state index in [0.717, 1.165) is 61.9 Å². The Morgan fingerprint density at radius 3 is 2.70 bits per heavy atom. The summed E-state index contributed by atoms with van der Waals surface area (Å²) >= 11 is 1.48. The predicted octanol–water partition coefficient (Wildman–Crippen LogP) is 1.70. The number of likely N-dealkylation sites (tertiary alicyclic amines) is 1. The van der Waals surface area contributed by atoms with Crippen molar-refractivity contribution in [2.24, 2.45) is 5.92 Å². The third-order valence-electron chi connectivity index (χ3n) is 7.23. The average molecular weight is 478 g/mol. The summed E-state index contributed by atoms with van der Waals surface area (Å²) in [6.45, 7) is 0.281. The van der Waals surface area contributed by atoms with E-state index in [1.54, 1.807) is 4.90 Å². The molecule has 2 heterocycles. The fourth-order valence-electron chi connectivity index (χ4n) is 5.56. The maximum absolute atomic E-state index is 13.5. The first-order chi connectivity index (χ1) is 15.9. The normalized spacial score (nSPS) is 24.3. The highest BCUT2D eigenvalue weighted by atomic mass is 32.1. The number of thiazole rings is 1. The minimum Gasteiger partial charge on any atom is -0.480 e. The van der Waals surface area contributed by atoms with Crippen LogP contribution in [0.3, 0.4) is 0 Å². The number of carbonyl (C=O) groups excluding carboxylic acids is 2. The number of aliphatic carboxylic acids is 1. The van der Waals surface area contributed by atoms with Crippen molar-refractivity contribution in [1.82, 2.24) is 20.5 Å². The number of aryl methyl sites for hydroxylation is 1. The van der Waals surface area contributed by atoms with Gasteiger partial charge in [-0.25, -0.2) is 4.98 Å². The largest absolute Gasteiger partial charge is 0.480 e. The highest BCUT2D eigenvalue weighted by molar-refractivity contribution is 7.15. The van der Waals surface area contributed by atoms with Gasteiger partial charge >= 0.3 is 5.97 Å². The number of nitrogens with zero attached hydrogens (tertiary/aromatic N) is 2. The third kappa shape index (κ3) is 6.03. The molecule has 10 heteroatoms. The molecule has 1 unspecified atom stereocenters. The van der Waals surface area contributed by atoms with E-state index in [2.05, 4.69) is 15.6 Å². The molecule has 0 aromatic carbocycles. The number of hydrogen-bond acceptors (Lipinski definition) is 7. The molecule has 1 aliphatic heterocycles. The topological polar surface area (TPSA) is 138 Å². The van der Waals surface area contributed by atoms with E-state index in [-0.39, 0.29) is 24.4 Å². The molecule has 3 atom stereocenters. The van der Waals surface area contributed by atoms with E-state index < -0.39 is 18.1 Å². The predicted molar refractivity (Wildman–Crippen MR) is 126 cm³/mol. The minimum absolute atomic E-state index is 0.0190. The Balaban J connectivity index is 1.38. The number of amides is 2. The zero-order valence-corrected chi connectivity index (χ0v) is 19.9. The Hall–Kier alpha value is -2.20. The number of carbonyl (C=O) groups is 3. The quantitative estimate of drug-likeness (QED) is 0.447. The SMILES string of the molecule is Nc1nc2c(s1)CC(NC(=O)[C@@H]1CCCN1C(=O)[C@@H](CC1CCCCC1)NCC(=O)O)CC2. The lowest BCUT2D eigenvalue weighted by atomic mass is 9.84. The number of nitrogen functional groups attached to an aromatic ring is 1. The number of anilines is 1. The van der Waals surface area contributed by atoms with Gasteiger partial charge in [-0.2, -0.15) is 0 Å². The molecule has 0 spiro atoms. The highest BCUT2D eigenvalue weighted by Gasteiger charge is 2.39. The van der Waals surface area contributed by atoms with Gasteiger partial charge in [0.15, 0.2) is 5.13 Å². The number of hydrogen-bond donors (Lipinski definition) is 4. The van der Waals surface area contributed by atoms with Gasteiger partial charge in [-0.05, 0) is 38.0 Å². The van der Waals surface area contributed by atoms with Crippen LogP contribution in [-0.4, -0.2) is 64.0 Å². The fraction of sp³-hybridized carbons (Fsp3) is 0.739. The van der Waals surface area contributed by atoms with Crippen molar-refractivity contribution in [3.05, 3.63) is 10.6 Å². The highest BCUT2D eigenvalue weighted by Crippen LogP contribution is 2.30. The fourth-order valence-corrected chi connectivity index (χ4v) is 6.52. The monoisotopic (exact) mass is 477 g/mol. The van der Waals surface area contributed by atoms with Crippen LogP contribution in [0.2, 0.25) is 0 Å². The molecule has 2 aliphatic carbocycles. The van der Waals surface area contributed by atoms with Crippen LogP contribution in [0.1, 0.15) is 68.4 Å². The maximum Gasteiger partial charge on any atom is 0.317 e. The molecule has 1 aromatic heterocycles. The summed E-state index contributed by atoms with van der Waals surface area (Å²) in [6, 6.07) is -1.04. The van der Waals surface area contributed by atoms with Crippen LogP contribution in [0.25, 0.3) is 0 Å². The number of rotatable bonds is 8. The number of fused-ring (bicyclic) bond motifs is 1. The van der Waals surface area contributed by atoms with Crippen molar-refractivity contribution in [2.45, 2.75) is 88.8 Å². The van der Waals surface area contributed by atoms with Crippen molar-refractivity contribution < 1.29 is 19.5 Å². The molecular weight excluding hydrogens is 442 g/mol. The van der Waals surface area contributed by atoms with Crippen molar-refractivity contribution >= 4 is 34.3 Å². The first-order valence-corrected chi connectivity index (χ1v) is 13.0. The molecule has 5 N–H and O–H groups in total. The van der Waals surface area contributed by atoms with Gasteiger partial charge in [0, 0.05) is 23.9 Å². The molecule has 0 radical (unpaired) electrons. The van der Waals surface area contributed by atoms with Gasteiger partial charge in [0.2, 0.25) is 11.8 Å². The Morgan fingerprint density at radius 1 is 1.15 bits per heavy atom. The van der Waals surface area contributed by atoms with E-state index in [1.807, 2.05) is 0 Å². The number of carboxylic acids is 1. The second-order valence-corrected chi connectivity index (χ2v) is 10.7. The first-order valence-electron chi connectivity index (χ1n) is 12.2. The van der Waals surface area contributed by atoms with Gasteiger partial charge in [-0.15, -0.1) is 11.3 Å². The van der Waals surface area contributed by atoms with Crippen LogP contribution >= 0.6 is 11.3 Å². The van der Waals surface area contributed by atoms with Crippen LogP contribution in [0.15, 0.2) is 0 Å². The molecule has 9 nitrogen and oxygen atoms in total. The summed E-state index contributed by atoms with van der Waals surface area (Å²) in [7, 11) is 0. The smallest absolute Gasteiger partial charge is 0.317 e. The molecule has 4 rings (SSSR count).